The van der Waals surface area contributed by atoms with Crippen LogP contribution >= 0.6 is 34.9 Å². The van der Waals surface area contributed by atoms with Gasteiger partial charge in [-0.1, -0.05) is 41.3 Å². The summed E-state index contributed by atoms with van der Waals surface area (Å²) < 4.78 is 14.3. The number of rotatable bonds is 13. The number of anilines is 1. The lowest BCUT2D eigenvalue weighted by atomic mass is 9.77. The summed E-state index contributed by atoms with van der Waals surface area (Å²) in [5.74, 6) is -1.37. The van der Waals surface area contributed by atoms with Crippen molar-refractivity contribution in [3.63, 3.8) is 0 Å². The zero-order valence-electron chi connectivity index (χ0n) is 26.6. The normalized spacial score (nSPS) is 19.2. The zero-order chi connectivity index (χ0) is 32.9. The number of thiazole rings is 1. The second-order valence-corrected chi connectivity index (χ2v) is 14.9. The largest absolute Gasteiger partial charge is 0.480 e. The van der Waals surface area contributed by atoms with Gasteiger partial charge in [-0.3, -0.25) is 0 Å². The highest BCUT2D eigenvalue weighted by atomic mass is 32.2. The van der Waals surface area contributed by atoms with Crippen LogP contribution in [0, 0.1) is 12.8 Å². The molecule has 2 heterocycles. The summed E-state index contributed by atoms with van der Waals surface area (Å²) >= 11 is 5.22. The summed E-state index contributed by atoms with van der Waals surface area (Å²) in [6, 6.07) is 13.0. The van der Waals surface area contributed by atoms with Crippen LogP contribution in [0.15, 0.2) is 86.2 Å². The van der Waals surface area contributed by atoms with Crippen LogP contribution in [0.2, 0.25) is 0 Å². The third-order valence-electron chi connectivity index (χ3n) is 8.55. The van der Waals surface area contributed by atoms with Crippen LogP contribution in [0.1, 0.15) is 36.3 Å². The lowest BCUT2D eigenvalue weighted by Crippen LogP contribution is -2.37. The molecule has 0 spiro atoms. The molecule has 11 heteroatoms. The molecule has 0 radical (unpaired) electrons. The van der Waals surface area contributed by atoms with Crippen LogP contribution in [0.4, 0.5) is 5.69 Å². The van der Waals surface area contributed by atoms with Crippen molar-refractivity contribution in [1.82, 2.24) is 0 Å². The first kappa shape index (κ1) is 33.5. The highest BCUT2D eigenvalue weighted by Crippen LogP contribution is 2.48. The highest BCUT2D eigenvalue weighted by Gasteiger charge is 2.28. The monoisotopic (exact) mass is 691 g/mol. The van der Waals surface area contributed by atoms with Gasteiger partial charge in [0, 0.05) is 28.5 Å². The van der Waals surface area contributed by atoms with E-state index in [0.717, 1.165) is 46.9 Å². The number of fused-ring (bicyclic) bond motifs is 3. The molecule has 2 aliphatic carbocycles. The first-order valence-electron chi connectivity index (χ1n) is 15.8. The zero-order valence-corrected chi connectivity index (χ0v) is 29.0. The average molecular weight is 692 g/mol. The van der Waals surface area contributed by atoms with Gasteiger partial charge in [-0.2, -0.15) is 4.57 Å². The Morgan fingerprint density at radius 2 is 1.81 bits per heavy atom. The van der Waals surface area contributed by atoms with Crippen LogP contribution in [0.25, 0.3) is 16.3 Å². The van der Waals surface area contributed by atoms with E-state index in [9.17, 15) is 9.59 Å². The predicted molar refractivity (Wildman–Crippen MR) is 189 cm³/mol. The van der Waals surface area contributed by atoms with Gasteiger partial charge in [0.1, 0.15) is 24.5 Å². The quantitative estimate of drug-likeness (QED) is 0.109. The Hall–Kier alpha value is -3.35. The van der Waals surface area contributed by atoms with Crippen LogP contribution in [-0.4, -0.2) is 61.4 Å². The molecule has 246 valence electrons. The molecule has 3 aliphatic rings. The van der Waals surface area contributed by atoms with Gasteiger partial charge in [0.05, 0.1) is 17.3 Å². The van der Waals surface area contributed by atoms with Crippen LogP contribution in [-0.2, 0) is 25.6 Å². The molecular formula is C36H39N2O6S3+. The van der Waals surface area contributed by atoms with Gasteiger partial charge in [0.25, 0.3) is 5.01 Å². The molecule has 2 aromatic carbocycles. The van der Waals surface area contributed by atoms with Crippen molar-refractivity contribution >= 4 is 68.8 Å². The van der Waals surface area contributed by atoms with Crippen molar-refractivity contribution < 1.29 is 33.8 Å². The van der Waals surface area contributed by atoms with E-state index >= 15 is 0 Å². The Morgan fingerprint density at radius 1 is 1.02 bits per heavy atom. The standard InChI is InChI=1S/C36H38N2O6S3/c1-23-3-9-31-29(15-23)37(11-13-43-21-35(39)40)33(46-31)18-24-4-6-26-7-5-25(17-27(26)16-24)19-34-38(12-14-44-22-36(41)42)30-20-28(45-2)8-10-32(30)47-34/h3,8-10,15-20,26H,4-7,11-14,21-22H2,1-2H3,(H-,39,40,41,42)/p+1. The molecule has 0 amide bonds. The number of carboxylic acids is 2. The second kappa shape index (κ2) is 15.3. The molecule has 2 N–H and O–H groups in total. The topological polar surface area (TPSA) is 100 Å². The number of nitrogens with zero attached hydrogens (tertiary/aromatic N) is 2. The summed E-state index contributed by atoms with van der Waals surface area (Å²) in [5, 5.41) is 20.3. The summed E-state index contributed by atoms with van der Waals surface area (Å²) in [4.78, 5) is 26.6. The highest BCUT2D eigenvalue weighted by molar-refractivity contribution is 8.03. The lowest BCUT2D eigenvalue weighted by molar-refractivity contribution is -0.670. The SMILES string of the molecule is CSc1ccc2c(c1)N(CCOCC(=O)O)/C(=C/C1=CC3=C/C(=C/c4sc5ccc(C)cc5[n+]4CCOCC(=O)O)CCC3CC1)S2. The van der Waals surface area contributed by atoms with E-state index in [1.54, 1.807) is 34.9 Å². The van der Waals surface area contributed by atoms with Crippen molar-refractivity contribution in [3.05, 3.63) is 86.9 Å². The van der Waals surface area contributed by atoms with Crippen molar-refractivity contribution in [2.45, 2.75) is 48.9 Å². The number of benzene rings is 2. The number of aromatic nitrogens is 1. The van der Waals surface area contributed by atoms with Gasteiger partial charge in [-0.05, 0) is 97.4 Å². The molecule has 1 aliphatic heterocycles. The van der Waals surface area contributed by atoms with Crippen molar-refractivity contribution in [2.24, 2.45) is 5.92 Å². The van der Waals surface area contributed by atoms with Crippen molar-refractivity contribution in [3.8, 4) is 0 Å². The maximum absolute atomic E-state index is 11.0. The number of carbonyl (C=O) groups is 2. The molecule has 8 nitrogen and oxygen atoms in total. The van der Waals surface area contributed by atoms with E-state index in [-0.39, 0.29) is 13.2 Å². The Kier molecular flexibility index (Phi) is 10.9. The van der Waals surface area contributed by atoms with E-state index in [4.69, 9.17) is 19.7 Å². The van der Waals surface area contributed by atoms with E-state index in [2.05, 4.69) is 83.3 Å². The van der Waals surface area contributed by atoms with Crippen LogP contribution in [0.5, 0.6) is 0 Å². The van der Waals surface area contributed by atoms with Gasteiger partial charge in [0.2, 0.25) is 5.52 Å². The smallest absolute Gasteiger partial charge is 0.329 e. The fourth-order valence-corrected chi connectivity index (χ4v) is 9.00. The maximum Gasteiger partial charge on any atom is 0.329 e. The van der Waals surface area contributed by atoms with Crippen LogP contribution < -0.4 is 9.47 Å². The molecule has 1 unspecified atom stereocenters. The summed E-state index contributed by atoms with van der Waals surface area (Å²) in [6.07, 6.45) is 15.7. The van der Waals surface area contributed by atoms with Gasteiger partial charge in [-0.25, -0.2) is 9.59 Å². The van der Waals surface area contributed by atoms with Gasteiger partial charge >= 0.3 is 11.9 Å². The third kappa shape index (κ3) is 8.21. The molecule has 1 atom stereocenters. The molecular weight excluding hydrogens is 653 g/mol. The fourth-order valence-electron chi connectivity index (χ4n) is 6.28. The van der Waals surface area contributed by atoms with E-state index < -0.39 is 11.9 Å². The van der Waals surface area contributed by atoms with E-state index in [1.807, 2.05) is 0 Å². The maximum atomic E-state index is 11.0. The number of aliphatic carboxylic acids is 2. The number of allylic oxidation sites excluding steroid dienone is 6. The third-order valence-corrected chi connectivity index (χ3v) is 11.5. The number of carboxylic acid groups (broad SMARTS) is 2. The Morgan fingerprint density at radius 3 is 2.60 bits per heavy atom. The minimum absolute atomic E-state index is 0.296. The molecule has 0 fully saturated rings. The van der Waals surface area contributed by atoms with Gasteiger partial charge in [-0.15, -0.1) is 11.8 Å². The minimum Gasteiger partial charge on any atom is -0.480 e. The lowest BCUT2D eigenvalue weighted by Gasteiger charge is -2.28. The number of aryl methyl sites for hydroxylation is 1. The van der Waals surface area contributed by atoms with Gasteiger partial charge in [0.15, 0.2) is 6.54 Å². The predicted octanol–water partition coefficient (Wildman–Crippen LogP) is 7.32. The van der Waals surface area contributed by atoms with Crippen LogP contribution in [0.3, 0.4) is 0 Å². The molecule has 0 saturated heterocycles. The Labute approximate surface area is 287 Å². The fraction of sp³-hybridized carbons (Fsp3) is 0.361. The van der Waals surface area contributed by atoms with E-state index in [0.29, 0.717) is 32.2 Å². The number of ether oxygens (including phenoxy) is 2. The van der Waals surface area contributed by atoms with Crippen molar-refractivity contribution in [1.29, 1.82) is 0 Å². The molecule has 1 aromatic heterocycles. The molecule has 0 saturated carbocycles. The molecule has 3 aromatic rings. The Bertz CT molecular complexity index is 1810. The van der Waals surface area contributed by atoms with E-state index in [1.165, 1.54) is 36.8 Å². The minimum atomic E-state index is -0.959. The first-order chi connectivity index (χ1) is 22.8. The number of hydrogen-bond donors (Lipinski definition) is 2. The second-order valence-electron chi connectivity index (χ2n) is 11.9. The number of thioether (sulfide) groups is 2. The number of hydrogen-bond acceptors (Lipinski definition) is 8. The van der Waals surface area contributed by atoms with Gasteiger partial charge < -0.3 is 24.6 Å². The summed E-state index contributed by atoms with van der Waals surface area (Å²) in [6.45, 7) is 3.33. The first-order valence-corrected chi connectivity index (χ1v) is 18.6. The van der Waals surface area contributed by atoms with Crippen molar-refractivity contribution in [2.75, 3.05) is 44.1 Å². The molecule has 0 bridgehead atoms. The average Bonchev–Trinajstić information content (AvgIpc) is 3.56. The summed E-state index contributed by atoms with van der Waals surface area (Å²) in [7, 11) is 0. The Balaban J connectivity index is 1.26. The molecule has 47 heavy (non-hydrogen) atoms. The summed E-state index contributed by atoms with van der Waals surface area (Å²) in [5.41, 5.74) is 7.44. The molecule has 6 rings (SSSR count).